The molecule has 0 N–H and O–H groups in total. The van der Waals surface area contributed by atoms with Gasteiger partial charge in [0, 0.05) is 26.2 Å². The molecule has 1 aromatic rings. The Morgan fingerprint density at radius 2 is 1.95 bits per heavy atom. The van der Waals surface area contributed by atoms with E-state index in [9.17, 15) is 9.59 Å². The molecule has 1 aliphatic rings. The summed E-state index contributed by atoms with van der Waals surface area (Å²) < 4.78 is 0. The molecule has 0 saturated carbocycles. The molecule has 0 spiro atoms. The molecule has 101 valence electrons. The first-order valence-corrected chi connectivity index (χ1v) is 6.49. The number of piperazine rings is 1. The average molecular weight is 259 g/mol. The van der Waals surface area contributed by atoms with Gasteiger partial charge in [-0.1, -0.05) is 30.3 Å². The van der Waals surface area contributed by atoms with Crippen molar-refractivity contribution < 1.29 is 9.59 Å². The average Bonchev–Trinajstić information content (AvgIpc) is 2.38. The molecular weight excluding hydrogens is 240 g/mol. The first-order chi connectivity index (χ1) is 9.03. The Kier molecular flexibility index (Phi) is 4.00. The highest BCUT2D eigenvalue weighted by molar-refractivity contribution is 6.24. The molecule has 1 aromatic carbocycles. The lowest BCUT2D eigenvalue weighted by molar-refractivity contribution is -0.133. The van der Waals surface area contributed by atoms with E-state index in [-0.39, 0.29) is 5.54 Å². The second-order valence-corrected chi connectivity index (χ2v) is 5.57. The summed E-state index contributed by atoms with van der Waals surface area (Å²) in [6.45, 7) is 6.96. The van der Waals surface area contributed by atoms with Crippen molar-refractivity contribution in [1.82, 2.24) is 9.80 Å². The molecule has 0 aromatic heterocycles. The second-order valence-electron chi connectivity index (χ2n) is 5.57. The smallest absolute Gasteiger partial charge is 0.299 e. The molecule has 1 aliphatic heterocycles. The standard InChI is InChI=1S/C15H19N2O2/c1-15(2)12-16(8-9-17(15)14(19)11-18)10-13-6-4-3-5-7-13/h3-7H,8-10,12H2,1-2H3. The van der Waals surface area contributed by atoms with Crippen LogP contribution in [0.3, 0.4) is 0 Å². The molecule has 19 heavy (non-hydrogen) atoms. The summed E-state index contributed by atoms with van der Waals surface area (Å²) in [5, 5.41) is 0. The van der Waals surface area contributed by atoms with Crippen molar-refractivity contribution in [3.63, 3.8) is 0 Å². The van der Waals surface area contributed by atoms with Gasteiger partial charge in [-0.25, -0.2) is 0 Å². The number of hydrogen-bond acceptors (Lipinski definition) is 3. The van der Waals surface area contributed by atoms with Gasteiger partial charge < -0.3 is 4.90 Å². The van der Waals surface area contributed by atoms with Crippen molar-refractivity contribution in [3.8, 4) is 0 Å². The van der Waals surface area contributed by atoms with Crippen LogP contribution in [0.25, 0.3) is 0 Å². The summed E-state index contributed by atoms with van der Waals surface area (Å²) in [5.74, 6) is -0.538. The number of benzene rings is 1. The topological polar surface area (TPSA) is 40.6 Å². The molecule has 0 aliphatic carbocycles. The third-order valence-electron chi connectivity index (χ3n) is 3.56. The van der Waals surface area contributed by atoms with Crippen LogP contribution in [0, 0.1) is 0 Å². The van der Waals surface area contributed by atoms with E-state index in [4.69, 9.17) is 0 Å². The van der Waals surface area contributed by atoms with Gasteiger partial charge in [-0.15, -0.1) is 0 Å². The molecule has 2 rings (SSSR count). The lowest BCUT2D eigenvalue weighted by Gasteiger charge is -2.46. The SMILES string of the molecule is CC1(C)CN(Cc2ccccc2)CCN1C(=O)[C]=O. The first-order valence-electron chi connectivity index (χ1n) is 6.49. The highest BCUT2D eigenvalue weighted by Crippen LogP contribution is 2.22. The van der Waals surface area contributed by atoms with E-state index in [1.165, 1.54) is 11.8 Å². The summed E-state index contributed by atoms with van der Waals surface area (Å²) >= 11 is 0. The van der Waals surface area contributed by atoms with Gasteiger partial charge in [-0.05, 0) is 19.4 Å². The zero-order valence-electron chi connectivity index (χ0n) is 11.4. The molecule has 4 heteroatoms. The zero-order chi connectivity index (χ0) is 13.9. The minimum Gasteiger partial charge on any atom is -0.328 e. The molecule has 0 bridgehead atoms. The third kappa shape index (κ3) is 3.20. The lowest BCUT2D eigenvalue weighted by atomic mass is 9.98. The van der Waals surface area contributed by atoms with E-state index in [1.807, 2.05) is 32.0 Å². The minimum atomic E-state index is -0.538. The van der Waals surface area contributed by atoms with Gasteiger partial charge >= 0.3 is 0 Å². The van der Waals surface area contributed by atoms with Crippen LogP contribution in [0.4, 0.5) is 0 Å². The number of amides is 1. The fourth-order valence-corrected chi connectivity index (χ4v) is 2.66. The maximum Gasteiger partial charge on any atom is 0.299 e. The summed E-state index contributed by atoms with van der Waals surface area (Å²) in [6, 6.07) is 10.3. The van der Waals surface area contributed by atoms with Crippen LogP contribution in [-0.4, -0.2) is 47.2 Å². The van der Waals surface area contributed by atoms with Crippen LogP contribution >= 0.6 is 0 Å². The van der Waals surface area contributed by atoms with Gasteiger partial charge in [-0.2, -0.15) is 0 Å². The Bertz CT molecular complexity index is 456. The molecule has 0 atom stereocenters. The highest BCUT2D eigenvalue weighted by atomic mass is 16.2. The van der Waals surface area contributed by atoms with Crippen molar-refractivity contribution in [2.24, 2.45) is 0 Å². The van der Waals surface area contributed by atoms with Crippen molar-refractivity contribution >= 4 is 12.2 Å². The van der Waals surface area contributed by atoms with Crippen LogP contribution in [0.5, 0.6) is 0 Å². The summed E-state index contributed by atoms with van der Waals surface area (Å²) in [5.41, 5.74) is 0.932. The predicted octanol–water partition coefficient (Wildman–Crippen LogP) is 1.22. The Hall–Kier alpha value is -1.68. The molecule has 1 fully saturated rings. The zero-order valence-corrected chi connectivity index (χ0v) is 11.4. The first kappa shape index (κ1) is 13.7. The van der Waals surface area contributed by atoms with Crippen LogP contribution in [0.15, 0.2) is 30.3 Å². The van der Waals surface area contributed by atoms with Crippen LogP contribution in [-0.2, 0) is 16.1 Å². The van der Waals surface area contributed by atoms with Crippen molar-refractivity contribution in [3.05, 3.63) is 35.9 Å². The van der Waals surface area contributed by atoms with Gasteiger partial charge in [0.25, 0.3) is 12.2 Å². The minimum absolute atomic E-state index is 0.332. The molecule has 1 amide bonds. The number of hydrogen-bond donors (Lipinski definition) is 0. The van der Waals surface area contributed by atoms with E-state index in [1.54, 1.807) is 4.90 Å². The predicted molar refractivity (Wildman–Crippen MR) is 73.2 cm³/mol. The summed E-state index contributed by atoms with van der Waals surface area (Å²) in [7, 11) is 0. The number of carbonyl (C=O) groups excluding carboxylic acids is 2. The molecular formula is C15H19N2O2. The Morgan fingerprint density at radius 3 is 2.53 bits per heavy atom. The Morgan fingerprint density at radius 1 is 1.26 bits per heavy atom. The Balaban J connectivity index is 2.02. The van der Waals surface area contributed by atoms with Crippen molar-refractivity contribution in [2.45, 2.75) is 25.9 Å². The largest absolute Gasteiger partial charge is 0.328 e. The van der Waals surface area contributed by atoms with Crippen LogP contribution < -0.4 is 0 Å². The molecule has 1 heterocycles. The monoisotopic (exact) mass is 259 g/mol. The molecule has 1 radical (unpaired) electrons. The van der Waals surface area contributed by atoms with Gasteiger partial charge in [0.1, 0.15) is 0 Å². The van der Waals surface area contributed by atoms with Crippen LogP contribution in [0.1, 0.15) is 19.4 Å². The number of nitrogens with zero attached hydrogens (tertiary/aromatic N) is 2. The lowest BCUT2D eigenvalue weighted by Crippen LogP contribution is -2.61. The fourth-order valence-electron chi connectivity index (χ4n) is 2.66. The second kappa shape index (κ2) is 5.53. The maximum absolute atomic E-state index is 11.5. The van der Waals surface area contributed by atoms with Gasteiger partial charge in [0.2, 0.25) is 0 Å². The quantitative estimate of drug-likeness (QED) is 0.766. The van der Waals surface area contributed by atoms with E-state index in [2.05, 4.69) is 17.0 Å². The highest BCUT2D eigenvalue weighted by Gasteiger charge is 2.36. The summed E-state index contributed by atoms with van der Waals surface area (Å²) in [4.78, 5) is 26.0. The molecule has 0 unspecified atom stereocenters. The summed E-state index contributed by atoms with van der Waals surface area (Å²) in [6.07, 6.45) is 1.47. The maximum atomic E-state index is 11.5. The van der Waals surface area contributed by atoms with Gasteiger partial charge in [-0.3, -0.25) is 14.5 Å². The normalized spacial score (nSPS) is 19.2. The van der Waals surface area contributed by atoms with E-state index < -0.39 is 5.91 Å². The van der Waals surface area contributed by atoms with Gasteiger partial charge in [0.15, 0.2) is 0 Å². The number of carbonyl (C=O) groups is 1. The Labute approximate surface area is 114 Å². The fraction of sp³-hybridized carbons (Fsp3) is 0.467. The van der Waals surface area contributed by atoms with Gasteiger partial charge in [0.05, 0.1) is 5.54 Å². The van der Waals surface area contributed by atoms with E-state index >= 15 is 0 Å². The van der Waals surface area contributed by atoms with E-state index in [0.29, 0.717) is 6.54 Å². The molecule has 1 saturated heterocycles. The van der Waals surface area contributed by atoms with Crippen molar-refractivity contribution in [1.29, 1.82) is 0 Å². The number of rotatable bonds is 3. The van der Waals surface area contributed by atoms with E-state index in [0.717, 1.165) is 19.6 Å². The molecule has 4 nitrogen and oxygen atoms in total. The third-order valence-corrected chi connectivity index (χ3v) is 3.56. The van der Waals surface area contributed by atoms with Crippen molar-refractivity contribution in [2.75, 3.05) is 19.6 Å². The van der Waals surface area contributed by atoms with Crippen LogP contribution in [0.2, 0.25) is 0 Å².